The van der Waals surface area contributed by atoms with Gasteiger partial charge in [0, 0.05) is 6.08 Å². The summed E-state index contributed by atoms with van der Waals surface area (Å²) in [4.78, 5) is 87.5. The standard InChI is InChI=1S/C47H66O19/c1-4-28(3)55-22-24-57-46(53)63-35-18-10-29(11-19-35)42(49)61-33-14-6-31(7-15-33)44(51)65-37-26-59-41-38(27-60-40(37)41)66-45(52)32-8-16-34(17-9-32)62-43(50)30-12-20-36(21-13-30)64-47(54)58-25-23-56-39(48)5-2/h4-5,28-38,40-41H,1-2,6-27H2,3H3. The molecule has 0 radical (unpaired) electrons. The summed E-state index contributed by atoms with van der Waals surface area (Å²) in [6.45, 7) is 9.05. The average molecular weight is 935 g/mol. The second kappa shape index (κ2) is 25.4. The molecule has 4 saturated carbocycles. The second-order valence-electron chi connectivity index (χ2n) is 17.9. The van der Waals surface area contributed by atoms with Crippen molar-refractivity contribution < 1.29 is 90.4 Å². The highest BCUT2D eigenvalue weighted by molar-refractivity contribution is 5.81. The topological polar surface area (TPSA) is 230 Å². The summed E-state index contributed by atoms with van der Waals surface area (Å²) in [6.07, 6.45) is 5.47. The van der Waals surface area contributed by atoms with Crippen LogP contribution in [0.2, 0.25) is 0 Å². The molecule has 2 saturated heterocycles. The fourth-order valence-electron chi connectivity index (χ4n) is 9.40. The van der Waals surface area contributed by atoms with Gasteiger partial charge in [-0.15, -0.1) is 6.58 Å². The first-order valence-electron chi connectivity index (χ1n) is 23.6. The first kappa shape index (κ1) is 50.7. The van der Waals surface area contributed by atoms with Gasteiger partial charge in [-0.3, -0.25) is 19.2 Å². The Morgan fingerprint density at radius 2 is 0.803 bits per heavy atom. The number of hydrogen-bond acceptors (Lipinski definition) is 19. The molecular weight excluding hydrogens is 868 g/mol. The third-order valence-electron chi connectivity index (χ3n) is 13.3. The first-order valence-corrected chi connectivity index (χ1v) is 23.6. The van der Waals surface area contributed by atoms with Crippen molar-refractivity contribution in [2.45, 2.75) is 165 Å². The lowest BCUT2D eigenvalue weighted by molar-refractivity contribution is -0.164. The maximum Gasteiger partial charge on any atom is 0.508 e. The van der Waals surface area contributed by atoms with Gasteiger partial charge >= 0.3 is 42.2 Å². The Hall–Kier alpha value is -4.75. The van der Waals surface area contributed by atoms with E-state index in [4.69, 9.17) is 56.8 Å². The molecule has 0 bridgehead atoms. The van der Waals surface area contributed by atoms with Crippen molar-refractivity contribution in [3.63, 3.8) is 0 Å². The van der Waals surface area contributed by atoms with Gasteiger partial charge in [0.1, 0.15) is 56.4 Å². The second-order valence-corrected chi connectivity index (χ2v) is 17.9. The summed E-state index contributed by atoms with van der Waals surface area (Å²) < 4.78 is 66.2. The number of hydrogen-bond donors (Lipinski definition) is 0. The smallest absolute Gasteiger partial charge is 0.462 e. The predicted molar refractivity (Wildman–Crippen MR) is 226 cm³/mol. The normalized spacial score (nSPS) is 32.2. The Labute approximate surface area is 385 Å². The van der Waals surface area contributed by atoms with Gasteiger partial charge in [0.25, 0.3) is 0 Å². The van der Waals surface area contributed by atoms with Crippen molar-refractivity contribution in [2.75, 3.05) is 39.6 Å². The quantitative estimate of drug-likeness (QED) is 0.0508. The lowest BCUT2D eigenvalue weighted by atomic mass is 9.86. The van der Waals surface area contributed by atoms with Gasteiger partial charge < -0.3 is 56.8 Å². The number of fused-ring (bicyclic) bond motifs is 1. The van der Waals surface area contributed by atoms with Crippen molar-refractivity contribution in [1.82, 2.24) is 0 Å². The molecule has 2 heterocycles. The lowest BCUT2D eigenvalue weighted by Gasteiger charge is -2.31. The van der Waals surface area contributed by atoms with Crippen molar-refractivity contribution >= 4 is 42.2 Å². The minimum absolute atomic E-state index is 0.0765. The highest BCUT2D eigenvalue weighted by atomic mass is 16.7. The molecule has 6 rings (SSSR count). The summed E-state index contributed by atoms with van der Waals surface area (Å²) in [7, 11) is 0. The third-order valence-corrected chi connectivity index (χ3v) is 13.3. The molecule has 5 unspecified atom stereocenters. The van der Waals surface area contributed by atoms with Gasteiger partial charge in [0.15, 0.2) is 12.2 Å². The van der Waals surface area contributed by atoms with Crippen LogP contribution >= 0.6 is 0 Å². The molecule has 6 aliphatic rings. The summed E-state index contributed by atoms with van der Waals surface area (Å²) in [5, 5.41) is 0. The van der Waals surface area contributed by atoms with E-state index >= 15 is 0 Å². The van der Waals surface area contributed by atoms with Crippen molar-refractivity contribution in [3.8, 4) is 0 Å². The molecular formula is C47H66O19. The van der Waals surface area contributed by atoms with Crippen LogP contribution in [0.15, 0.2) is 25.3 Å². The first-order chi connectivity index (χ1) is 31.9. The minimum atomic E-state index is -0.860. The molecule has 0 aromatic heterocycles. The highest BCUT2D eigenvalue weighted by Gasteiger charge is 2.52. The molecule has 6 fully saturated rings. The zero-order chi connectivity index (χ0) is 47.0. The van der Waals surface area contributed by atoms with Crippen LogP contribution in [0.5, 0.6) is 0 Å². The third kappa shape index (κ3) is 15.1. The van der Waals surface area contributed by atoms with E-state index in [0.29, 0.717) is 103 Å². The van der Waals surface area contributed by atoms with Crippen molar-refractivity contribution in [2.24, 2.45) is 23.7 Å². The molecule has 0 N–H and O–H groups in total. The van der Waals surface area contributed by atoms with Gasteiger partial charge in [0.05, 0.1) is 49.6 Å². The zero-order valence-electron chi connectivity index (χ0n) is 37.9. The van der Waals surface area contributed by atoms with E-state index in [1.165, 1.54) is 0 Å². The van der Waals surface area contributed by atoms with Crippen LogP contribution in [0.4, 0.5) is 9.59 Å². The number of ether oxygens (including phenoxy) is 12. The van der Waals surface area contributed by atoms with E-state index in [0.717, 1.165) is 6.08 Å². The van der Waals surface area contributed by atoms with Gasteiger partial charge in [-0.05, 0) is 110 Å². The van der Waals surface area contributed by atoms with Gasteiger partial charge in [-0.1, -0.05) is 12.7 Å². The number of rotatable bonds is 19. The highest BCUT2D eigenvalue weighted by Crippen LogP contribution is 2.36. The van der Waals surface area contributed by atoms with Crippen LogP contribution in [-0.2, 0) is 80.8 Å². The minimum Gasteiger partial charge on any atom is -0.462 e. The summed E-state index contributed by atoms with van der Waals surface area (Å²) in [6, 6.07) is 0. The Bertz CT molecular complexity index is 1670. The van der Waals surface area contributed by atoms with Crippen molar-refractivity contribution in [3.05, 3.63) is 25.3 Å². The number of carbonyl (C=O) groups is 7. The Morgan fingerprint density at radius 1 is 0.470 bits per heavy atom. The molecule has 4 aliphatic carbocycles. The largest absolute Gasteiger partial charge is 0.508 e. The average Bonchev–Trinajstić information content (AvgIpc) is 3.92. The predicted octanol–water partition coefficient (Wildman–Crippen LogP) is 5.56. The van der Waals surface area contributed by atoms with E-state index in [9.17, 15) is 33.6 Å². The lowest BCUT2D eigenvalue weighted by Crippen LogP contribution is -2.39. The Kier molecular flexibility index (Phi) is 19.5. The molecule has 0 aromatic carbocycles. The van der Waals surface area contributed by atoms with Crippen LogP contribution in [0.1, 0.15) is 110 Å². The van der Waals surface area contributed by atoms with Crippen LogP contribution in [0.3, 0.4) is 0 Å². The van der Waals surface area contributed by atoms with E-state index in [1.54, 1.807) is 6.08 Å². The number of esters is 5. The molecule has 368 valence electrons. The molecule has 0 amide bonds. The fourth-order valence-corrected chi connectivity index (χ4v) is 9.40. The van der Waals surface area contributed by atoms with Crippen molar-refractivity contribution in [1.29, 1.82) is 0 Å². The summed E-state index contributed by atoms with van der Waals surface area (Å²) >= 11 is 0. The monoisotopic (exact) mass is 934 g/mol. The SMILES string of the molecule is C=CC(=O)OCCOC(=O)OC1CCC(C(=O)OC2CCC(C(=O)OC3COC4C(OC(=O)C5CCC(OC(=O)C6CCC(OC(=O)OCCOC(C)C=C)CC6)CC5)COC34)CC2)CC1. The van der Waals surface area contributed by atoms with E-state index < -0.39 is 42.7 Å². The molecule has 2 aliphatic heterocycles. The van der Waals surface area contributed by atoms with Crippen LogP contribution in [-0.4, -0.2) is 137 Å². The van der Waals surface area contributed by atoms with E-state index in [1.807, 2.05) is 6.92 Å². The molecule has 5 atom stereocenters. The zero-order valence-corrected chi connectivity index (χ0v) is 37.9. The number of carbonyl (C=O) groups excluding carboxylic acids is 7. The summed E-state index contributed by atoms with van der Waals surface area (Å²) in [5.74, 6) is -3.19. The van der Waals surface area contributed by atoms with Gasteiger partial charge in [-0.25, -0.2) is 14.4 Å². The Balaban J connectivity index is 0.801. The molecule has 0 spiro atoms. The van der Waals surface area contributed by atoms with E-state index in [2.05, 4.69) is 13.2 Å². The van der Waals surface area contributed by atoms with Crippen LogP contribution < -0.4 is 0 Å². The van der Waals surface area contributed by atoms with Gasteiger partial charge in [0.2, 0.25) is 0 Å². The molecule has 66 heavy (non-hydrogen) atoms. The van der Waals surface area contributed by atoms with Crippen LogP contribution in [0.25, 0.3) is 0 Å². The Morgan fingerprint density at radius 3 is 1.17 bits per heavy atom. The summed E-state index contributed by atoms with van der Waals surface area (Å²) in [5.41, 5.74) is 0. The van der Waals surface area contributed by atoms with E-state index in [-0.39, 0.29) is 118 Å². The molecule has 0 aromatic rings. The van der Waals surface area contributed by atoms with Gasteiger partial charge in [-0.2, -0.15) is 0 Å². The van der Waals surface area contributed by atoms with Crippen LogP contribution in [0, 0.1) is 23.7 Å². The molecule has 19 nitrogen and oxygen atoms in total. The molecule has 19 heteroatoms. The maximum absolute atomic E-state index is 13.2. The fraction of sp³-hybridized carbons (Fsp3) is 0.766. The maximum atomic E-state index is 13.2.